The maximum atomic E-state index is 13.8. The molecule has 0 aliphatic heterocycles. The molecule has 2 rings (SSSR count). The Balaban J connectivity index is 1.95. The highest BCUT2D eigenvalue weighted by Gasteiger charge is 2.33. The monoisotopic (exact) mass is 508 g/mol. The molecule has 6 nitrogen and oxygen atoms in total. The van der Waals surface area contributed by atoms with Crippen molar-refractivity contribution in [2.45, 2.75) is 76.7 Å². The van der Waals surface area contributed by atoms with Gasteiger partial charge in [0.15, 0.2) is 17.2 Å². The Kier molecular flexibility index (Phi) is 12.9. The molecule has 1 unspecified atom stereocenters. The molecule has 0 N–H and O–H groups in total. The van der Waals surface area contributed by atoms with E-state index in [4.69, 9.17) is 14.2 Å². The van der Waals surface area contributed by atoms with Crippen LogP contribution >= 0.6 is 0 Å². The number of halogens is 1. The first-order valence-electron chi connectivity index (χ1n) is 12.8. The summed E-state index contributed by atoms with van der Waals surface area (Å²) in [6, 6.07) is 15.1. The van der Waals surface area contributed by atoms with Crippen molar-refractivity contribution in [3.8, 4) is 17.6 Å². The summed E-state index contributed by atoms with van der Waals surface area (Å²) in [7, 11) is 0. The minimum Gasteiger partial charge on any atom is -0.493 e. The second-order valence-corrected chi connectivity index (χ2v) is 8.80. The number of rotatable bonds is 17. The van der Waals surface area contributed by atoms with E-state index in [-0.39, 0.29) is 30.1 Å². The molecule has 7 heteroatoms. The number of carbonyl (C=O) groups excluding carboxylic acids is 2. The number of carbonyl (C=O) groups is 2. The van der Waals surface area contributed by atoms with E-state index < -0.39 is 23.4 Å². The van der Waals surface area contributed by atoms with Crippen molar-refractivity contribution < 1.29 is 28.2 Å². The lowest BCUT2D eigenvalue weighted by Crippen LogP contribution is -2.33. The molecule has 0 heterocycles. The van der Waals surface area contributed by atoms with Gasteiger partial charge < -0.3 is 14.2 Å². The quantitative estimate of drug-likeness (QED) is 0.0977. The van der Waals surface area contributed by atoms with Crippen LogP contribution in [0.1, 0.15) is 81.5 Å². The van der Waals surface area contributed by atoms with Gasteiger partial charge in [0.1, 0.15) is 17.4 Å². The van der Waals surface area contributed by atoms with Crippen LogP contribution in [0.5, 0.6) is 11.5 Å². The Morgan fingerprint density at radius 3 is 2.46 bits per heavy atom. The molecule has 0 saturated carbocycles. The van der Waals surface area contributed by atoms with Crippen LogP contribution in [0.3, 0.4) is 0 Å². The predicted molar refractivity (Wildman–Crippen MR) is 139 cm³/mol. The third-order valence-electron chi connectivity index (χ3n) is 5.92. The highest BCUT2D eigenvalue weighted by atomic mass is 19.1. The van der Waals surface area contributed by atoms with Gasteiger partial charge in [0.2, 0.25) is 0 Å². The van der Waals surface area contributed by atoms with Crippen molar-refractivity contribution in [1.29, 1.82) is 5.26 Å². The fourth-order valence-corrected chi connectivity index (χ4v) is 3.90. The average Bonchev–Trinajstić information content (AvgIpc) is 2.91. The fourth-order valence-electron chi connectivity index (χ4n) is 3.90. The zero-order chi connectivity index (χ0) is 26.9. The molecule has 0 amide bonds. The molecule has 0 aromatic heterocycles. The summed E-state index contributed by atoms with van der Waals surface area (Å²) in [4.78, 5) is 24.6. The van der Waals surface area contributed by atoms with Crippen LogP contribution in [0, 0.1) is 23.2 Å². The van der Waals surface area contributed by atoms with Gasteiger partial charge in [-0.2, -0.15) is 5.26 Å². The number of para-hydroxylation sites is 1. The van der Waals surface area contributed by atoms with Gasteiger partial charge in [-0.3, -0.25) is 0 Å². The first-order valence-corrected chi connectivity index (χ1v) is 12.8. The Morgan fingerprint density at radius 1 is 1.05 bits per heavy atom. The van der Waals surface area contributed by atoms with E-state index in [0.29, 0.717) is 12.8 Å². The van der Waals surface area contributed by atoms with Gasteiger partial charge in [0.05, 0.1) is 6.61 Å². The number of nitrogens with zero attached hydrogens (tertiary/aromatic N) is 1. The molecule has 0 bridgehead atoms. The van der Waals surface area contributed by atoms with Gasteiger partial charge in [-0.05, 0) is 43.2 Å². The summed E-state index contributed by atoms with van der Waals surface area (Å²) < 4.78 is 30.3. The van der Waals surface area contributed by atoms with E-state index in [9.17, 15) is 19.2 Å². The first-order chi connectivity index (χ1) is 17.9. The zero-order valence-corrected chi connectivity index (χ0v) is 21.5. The third-order valence-corrected chi connectivity index (χ3v) is 5.92. The van der Waals surface area contributed by atoms with E-state index in [1.807, 2.05) is 0 Å². The van der Waals surface area contributed by atoms with Crippen molar-refractivity contribution in [3.05, 3.63) is 72.6 Å². The number of hydrogen-bond donors (Lipinski definition) is 0. The van der Waals surface area contributed by atoms with Crippen molar-refractivity contribution in [3.63, 3.8) is 0 Å². The van der Waals surface area contributed by atoms with Crippen LogP contribution < -0.4 is 9.47 Å². The van der Waals surface area contributed by atoms with E-state index in [1.54, 1.807) is 18.2 Å². The fraction of sp³-hybridized carbons (Fsp3) is 0.433. The lowest BCUT2D eigenvalue weighted by Gasteiger charge is -2.26. The SMILES string of the molecule is C=CC(=O)OC(C#N)(CCCCCCCCC)CCCOc1ccccc1C(=O)Oc1cc[c]cc1F. The van der Waals surface area contributed by atoms with E-state index >= 15 is 0 Å². The van der Waals surface area contributed by atoms with Crippen molar-refractivity contribution in [1.82, 2.24) is 0 Å². The number of unbranched alkanes of at least 4 members (excludes halogenated alkanes) is 6. The van der Waals surface area contributed by atoms with Gasteiger partial charge in [-0.15, -0.1) is 0 Å². The van der Waals surface area contributed by atoms with Crippen LogP contribution in [-0.2, 0) is 9.53 Å². The lowest BCUT2D eigenvalue weighted by molar-refractivity contribution is -0.149. The van der Waals surface area contributed by atoms with Crippen molar-refractivity contribution in [2.75, 3.05) is 6.61 Å². The average molecular weight is 509 g/mol. The molecule has 0 aliphatic carbocycles. The van der Waals surface area contributed by atoms with Crippen LogP contribution in [0.15, 0.2) is 55.1 Å². The van der Waals surface area contributed by atoms with Gasteiger partial charge in [-0.25, -0.2) is 14.0 Å². The Hall–Kier alpha value is -3.66. The van der Waals surface area contributed by atoms with Crippen LogP contribution in [0.25, 0.3) is 0 Å². The molecule has 0 spiro atoms. The summed E-state index contributed by atoms with van der Waals surface area (Å²) in [6.45, 7) is 5.78. The summed E-state index contributed by atoms with van der Waals surface area (Å²) in [6.07, 6.45) is 9.76. The predicted octanol–water partition coefficient (Wildman–Crippen LogP) is 7.14. The molecule has 0 aliphatic rings. The maximum absolute atomic E-state index is 13.8. The van der Waals surface area contributed by atoms with Crippen LogP contribution in [0.4, 0.5) is 4.39 Å². The van der Waals surface area contributed by atoms with E-state index in [2.05, 4.69) is 25.6 Å². The minimum absolute atomic E-state index is 0.141. The number of benzene rings is 2. The van der Waals surface area contributed by atoms with Gasteiger partial charge >= 0.3 is 11.9 Å². The van der Waals surface area contributed by atoms with Gasteiger partial charge in [0.25, 0.3) is 0 Å². The summed E-state index contributed by atoms with van der Waals surface area (Å²) >= 11 is 0. The lowest BCUT2D eigenvalue weighted by atomic mass is 9.91. The molecule has 1 radical (unpaired) electrons. The second-order valence-electron chi connectivity index (χ2n) is 8.80. The molecule has 2 aromatic rings. The molecule has 197 valence electrons. The topological polar surface area (TPSA) is 85.6 Å². The zero-order valence-electron chi connectivity index (χ0n) is 21.5. The molecule has 37 heavy (non-hydrogen) atoms. The molecular weight excluding hydrogens is 473 g/mol. The molecular formula is C30H35FNO5. The number of nitriles is 1. The number of ether oxygens (including phenoxy) is 3. The van der Waals surface area contributed by atoms with Gasteiger partial charge in [0, 0.05) is 18.9 Å². The van der Waals surface area contributed by atoms with E-state index in [0.717, 1.165) is 37.8 Å². The Bertz CT molecular complexity index is 1060. The summed E-state index contributed by atoms with van der Waals surface area (Å²) in [5.41, 5.74) is -1.12. The largest absolute Gasteiger partial charge is 0.493 e. The standard InChI is InChI=1S/C30H35FNO5/c1-3-5-6-7-8-9-14-20-30(23-32,37-28(33)4-2)21-15-22-35-26-18-12-10-16-24(26)29(34)36-27-19-13-11-17-25(27)31/h4,10,12-13,16-19H,2-3,5-9,14-15,20-22H2,1H3. The first kappa shape index (κ1) is 29.6. The van der Waals surface area contributed by atoms with Crippen LogP contribution in [0.2, 0.25) is 0 Å². The van der Waals surface area contributed by atoms with Gasteiger partial charge in [-0.1, -0.05) is 70.2 Å². The number of hydrogen-bond acceptors (Lipinski definition) is 6. The van der Waals surface area contributed by atoms with E-state index in [1.165, 1.54) is 37.5 Å². The molecule has 1 atom stereocenters. The Labute approximate surface area is 219 Å². The third kappa shape index (κ3) is 10.1. The summed E-state index contributed by atoms with van der Waals surface area (Å²) in [5, 5.41) is 9.89. The summed E-state index contributed by atoms with van der Waals surface area (Å²) in [5.74, 6) is -2.02. The highest BCUT2D eigenvalue weighted by molar-refractivity contribution is 5.94. The van der Waals surface area contributed by atoms with Crippen molar-refractivity contribution in [2.24, 2.45) is 0 Å². The Morgan fingerprint density at radius 2 is 1.76 bits per heavy atom. The van der Waals surface area contributed by atoms with Crippen LogP contribution in [-0.4, -0.2) is 24.1 Å². The molecule has 2 aromatic carbocycles. The molecule has 0 saturated heterocycles. The normalized spacial score (nSPS) is 12.1. The maximum Gasteiger partial charge on any atom is 0.347 e. The minimum atomic E-state index is -1.27. The second kappa shape index (κ2) is 16.2. The smallest absolute Gasteiger partial charge is 0.347 e. The number of esters is 2. The highest BCUT2D eigenvalue weighted by Crippen LogP contribution is 2.27. The van der Waals surface area contributed by atoms with Crippen molar-refractivity contribution >= 4 is 11.9 Å². The molecule has 0 fully saturated rings.